The topological polar surface area (TPSA) is 64.2 Å². The predicted octanol–water partition coefficient (Wildman–Crippen LogP) is 3.07. The summed E-state index contributed by atoms with van der Waals surface area (Å²) in [5, 5.41) is 5.14. The lowest BCUT2D eigenvalue weighted by molar-refractivity contribution is 0.0742. The molecule has 0 aliphatic carbocycles. The molecule has 1 aromatic carbocycles. The largest absolute Gasteiger partial charge is 0.335 e. The van der Waals surface area contributed by atoms with Crippen molar-refractivity contribution in [3.05, 3.63) is 46.7 Å². The van der Waals surface area contributed by atoms with E-state index in [1.54, 1.807) is 10.9 Å². The summed E-state index contributed by atoms with van der Waals surface area (Å²) in [6.45, 7) is 5.28. The monoisotopic (exact) mass is 368 g/mol. The van der Waals surface area contributed by atoms with E-state index in [1.807, 2.05) is 36.1 Å². The van der Waals surface area contributed by atoms with Gasteiger partial charge in [-0.05, 0) is 57.0 Å². The molecule has 2 N–H and O–H groups in total. The van der Waals surface area contributed by atoms with Crippen molar-refractivity contribution in [3.8, 4) is 5.69 Å². The Balaban J connectivity index is 0.00000208. The molecule has 5 nitrogen and oxygen atoms in total. The number of amides is 1. The zero-order valence-electron chi connectivity index (χ0n) is 13.8. The fraction of sp³-hybridized carbons (Fsp3) is 0.412. The number of benzene rings is 1. The molecule has 0 bridgehead atoms. The van der Waals surface area contributed by atoms with Gasteiger partial charge in [-0.25, -0.2) is 4.68 Å². The fourth-order valence-corrected chi connectivity index (χ4v) is 3.27. The van der Waals surface area contributed by atoms with Crippen LogP contribution in [0.2, 0.25) is 5.02 Å². The summed E-state index contributed by atoms with van der Waals surface area (Å²) in [5.41, 5.74) is 8.01. The van der Waals surface area contributed by atoms with E-state index < -0.39 is 0 Å². The Morgan fingerprint density at radius 3 is 2.62 bits per heavy atom. The highest BCUT2D eigenvalue weighted by Crippen LogP contribution is 2.25. The van der Waals surface area contributed by atoms with Crippen LogP contribution in [0.15, 0.2) is 30.5 Å². The van der Waals surface area contributed by atoms with E-state index in [-0.39, 0.29) is 24.4 Å². The molecule has 0 radical (unpaired) electrons. The Morgan fingerprint density at radius 2 is 2.04 bits per heavy atom. The molecule has 2 unspecified atom stereocenters. The highest BCUT2D eigenvalue weighted by molar-refractivity contribution is 6.30. The van der Waals surface area contributed by atoms with Crippen LogP contribution in [-0.2, 0) is 0 Å². The van der Waals surface area contributed by atoms with Gasteiger partial charge in [0, 0.05) is 23.8 Å². The van der Waals surface area contributed by atoms with Crippen LogP contribution in [-0.4, -0.2) is 39.7 Å². The van der Waals surface area contributed by atoms with Crippen LogP contribution in [0.4, 0.5) is 0 Å². The van der Waals surface area contributed by atoms with Gasteiger partial charge in [0.1, 0.15) is 0 Å². The van der Waals surface area contributed by atoms with Gasteiger partial charge in [0.05, 0.1) is 16.9 Å². The third kappa shape index (κ3) is 3.58. The maximum Gasteiger partial charge on any atom is 0.257 e. The van der Waals surface area contributed by atoms with Crippen LogP contribution in [0.3, 0.4) is 0 Å². The van der Waals surface area contributed by atoms with Crippen LogP contribution >= 0.6 is 24.0 Å². The van der Waals surface area contributed by atoms with E-state index in [2.05, 4.69) is 12.0 Å². The summed E-state index contributed by atoms with van der Waals surface area (Å²) in [6.07, 6.45) is 2.76. The van der Waals surface area contributed by atoms with Crippen molar-refractivity contribution in [1.82, 2.24) is 14.7 Å². The Labute approximate surface area is 153 Å². The smallest absolute Gasteiger partial charge is 0.257 e. The standard InChI is InChI=1S/C17H21ClN4O.ClH/c1-11-7-13(8-19)9-21(11)17(23)16-10-22(20-12(16)2)15-5-3-14(18)4-6-15;/h3-6,10-11,13H,7-9,19H2,1-2H3;1H. The van der Waals surface area contributed by atoms with Crippen molar-refractivity contribution < 1.29 is 4.79 Å². The summed E-state index contributed by atoms with van der Waals surface area (Å²) in [6, 6.07) is 7.60. The molecule has 1 aliphatic heterocycles. The van der Waals surface area contributed by atoms with Gasteiger partial charge in [-0.2, -0.15) is 5.10 Å². The van der Waals surface area contributed by atoms with E-state index in [0.717, 1.165) is 24.3 Å². The maximum atomic E-state index is 12.8. The molecule has 1 amide bonds. The molecule has 2 heterocycles. The first kappa shape index (κ1) is 18.8. The number of carbonyl (C=O) groups excluding carboxylic acids is 1. The molecule has 24 heavy (non-hydrogen) atoms. The number of carbonyl (C=O) groups is 1. The first-order valence-corrected chi connectivity index (χ1v) is 8.20. The van der Waals surface area contributed by atoms with Crippen LogP contribution in [0.1, 0.15) is 29.4 Å². The molecule has 1 aromatic heterocycles. The molecule has 0 spiro atoms. The quantitative estimate of drug-likeness (QED) is 0.905. The highest BCUT2D eigenvalue weighted by Gasteiger charge is 2.33. The minimum atomic E-state index is 0. The van der Waals surface area contributed by atoms with Gasteiger partial charge in [0.2, 0.25) is 0 Å². The molecular formula is C17H22Cl2N4O. The number of hydrogen-bond acceptors (Lipinski definition) is 3. The number of nitrogens with zero attached hydrogens (tertiary/aromatic N) is 3. The lowest BCUT2D eigenvalue weighted by atomic mass is 10.1. The molecule has 3 rings (SSSR count). The van der Waals surface area contributed by atoms with Gasteiger partial charge in [-0.3, -0.25) is 4.79 Å². The van der Waals surface area contributed by atoms with Crippen LogP contribution in [0.5, 0.6) is 0 Å². The maximum absolute atomic E-state index is 12.8. The first-order valence-electron chi connectivity index (χ1n) is 7.83. The summed E-state index contributed by atoms with van der Waals surface area (Å²) in [4.78, 5) is 14.8. The highest BCUT2D eigenvalue weighted by atomic mass is 35.5. The average molecular weight is 369 g/mol. The second-order valence-corrected chi connectivity index (χ2v) is 6.63. The SMILES string of the molecule is Cc1nn(-c2ccc(Cl)cc2)cc1C(=O)N1CC(CN)CC1C.Cl. The molecule has 7 heteroatoms. The molecule has 1 fully saturated rings. The predicted molar refractivity (Wildman–Crippen MR) is 98.2 cm³/mol. The van der Waals surface area contributed by atoms with Gasteiger partial charge in [0.25, 0.3) is 5.91 Å². The van der Waals surface area contributed by atoms with Crippen LogP contribution in [0.25, 0.3) is 5.69 Å². The second kappa shape index (κ2) is 7.55. The van der Waals surface area contributed by atoms with Crippen LogP contribution < -0.4 is 5.73 Å². The lowest BCUT2D eigenvalue weighted by Crippen LogP contribution is -2.34. The van der Waals surface area contributed by atoms with Crippen molar-refractivity contribution in [2.24, 2.45) is 11.7 Å². The van der Waals surface area contributed by atoms with Crippen molar-refractivity contribution in [2.45, 2.75) is 26.3 Å². The fourth-order valence-electron chi connectivity index (χ4n) is 3.15. The Kier molecular flexibility index (Phi) is 5.91. The molecular weight excluding hydrogens is 347 g/mol. The van der Waals surface area contributed by atoms with Gasteiger partial charge < -0.3 is 10.6 Å². The molecule has 2 atom stereocenters. The summed E-state index contributed by atoms with van der Waals surface area (Å²) in [5.74, 6) is 0.423. The van der Waals surface area contributed by atoms with E-state index >= 15 is 0 Å². The minimum Gasteiger partial charge on any atom is -0.335 e. The van der Waals surface area contributed by atoms with E-state index in [1.165, 1.54) is 0 Å². The summed E-state index contributed by atoms with van der Waals surface area (Å²) < 4.78 is 1.72. The second-order valence-electron chi connectivity index (χ2n) is 6.19. The zero-order chi connectivity index (χ0) is 16.6. The normalized spacial score (nSPS) is 20.1. The van der Waals surface area contributed by atoms with E-state index in [9.17, 15) is 4.79 Å². The lowest BCUT2D eigenvalue weighted by Gasteiger charge is -2.21. The number of aromatic nitrogens is 2. The molecule has 130 valence electrons. The number of nitrogens with two attached hydrogens (primary N) is 1. The zero-order valence-corrected chi connectivity index (χ0v) is 15.3. The van der Waals surface area contributed by atoms with Crippen molar-refractivity contribution in [1.29, 1.82) is 0 Å². The van der Waals surface area contributed by atoms with Crippen molar-refractivity contribution >= 4 is 29.9 Å². The molecule has 0 saturated carbocycles. The molecule has 2 aromatic rings. The minimum absolute atomic E-state index is 0. The third-order valence-electron chi connectivity index (χ3n) is 4.48. The molecule has 1 saturated heterocycles. The van der Waals surface area contributed by atoms with E-state index in [4.69, 9.17) is 17.3 Å². The Hall–Kier alpha value is -1.56. The van der Waals surface area contributed by atoms with Crippen LogP contribution in [0, 0.1) is 12.8 Å². The van der Waals surface area contributed by atoms with Crippen molar-refractivity contribution in [2.75, 3.05) is 13.1 Å². The number of aryl methyl sites for hydroxylation is 1. The van der Waals surface area contributed by atoms with Gasteiger partial charge in [-0.1, -0.05) is 11.6 Å². The average Bonchev–Trinajstić information content (AvgIpc) is 3.10. The third-order valence-corrected chi connectivity index (χ3v) is 4.73. The summed E-state index contributed by atoms with van der Waals surface area (Å²) >= 11 is 5.91. The Morgan fingerprint density at radius 1 is 1.38 bits per heavy atom. The number of hydrogen-bond donors (Lipinski definition) is 1. The number of halogens is 2. The first-order chi connectivity index (χ1) is 11.0. The summed E-state index contributed by atoms with van der Waals surface area (Å²) in [7, 11) is 0. The van der Waals surface area contributed by atoms with Gasteiger partial charge in [-0.15, -0.1) is 12.4 Å². The van der Waals surface area contributed by atoms with E-state index in [0.29, 0.717) is 23.0 Å². The molecule has 1 aliphatic rings. The van der Waals surface area contributed by atoms with Gasteiger partial charge in [0.15, 0.2) is 0 Å². The Bertz CT molecular complexity index is 714. The van der Waals surface area contributed by atoms with Crippen molar-refractivity contribution in [3.63, 3.8) is 0 Å². The number of rotatable bonds is 3. The number of likely N-dealkylation sites (tertiary alicyclic amines) is 1. The van der Waals surface area contributed by atoms with Gasteiger partial charge >= 0.3 is 0 Å².